The predicted molar refractivity (Wildman–Crippen MR) is 43.8 cm³/mol. The van der Waals surface area contributed by atoms with Crippen LogP contribution in [-0.4, -0.2) is 53.2 Å². The first-order chi connectivity index (χ1) is 5.72. The van der Waals surface area contributed by atoms with Crippen molar-refractivity contribution in [3.8, 4) is 0 Å². The highest BCUT2D eigenvalue weighted by molar-refractivity contribution is 5.81. The Bertz CT molecular complexity index is 160. The van der Waals surface area contributed by atoms with Crippen molar-refractivity contribution in [3.05, 3.63) is 0 Å². The van der Waals surface area contributed by atoms with E-state index in [9.17, 15) is 4.79 Å². The second kappa shape index (κ2) is 4.54. The molecule has 0 aromatic heterocycles. The number of hydrogen-bond donors (Lipinski definition) is 2. The van der Waals surface area contributed by atoms with Gasteiger partial charge < -0.3 is 10.2 Å². The summed E-state index contributed by atoms with van der Waals surface area (Å²) < 4.78 is 0. The van der Waals surface area contributed by atoms with Crippen LogP contribution in [-0.2, 0) is 4.79 Å². The Labute approximate surface area is 71.8 Å². The molecule has 70 valence electrons. The molecule has 1 aliphatic rings. The first kappa shape index (κ1) is 9.64. The number of likely N-dealkylation sites (tertiary alicyclic amines) is 1. The maximum absolute atomic E-state index is 11.0. The van der Waals surface area contributed by atoms with Gasteiger partial charge in [0.1, 0.15) is 5.78 Å². The zero-order valence-electron chi connectivity index (χ0n) is 7.07. The smallest absolute Gasteiger partial charge is 0.146 e. The van der Waals surface area contributed by atoms with Crippen molar-refractivity contribution in [2.45, 2.75) is 18.9 Å². The topological polar surface area (TPSA) is 60.8 Å². The van der Waals surface area contributed by atoms with E-state index >= 15 is 0 Å². The molecule has 1 fully saturated rings. The monoisotopic (exact) mass is 173 g/mol. The van der Waals surface area contributed by atoms with E-state index in [-0.39, 0.29) is 12.4 Å². The van der Waals surface area contributed by atoms with E-state index in [1.165, 1.54) is 0 Å². The van der Waals surface area contributed by atoms with Gasteiger partial charge in [-0.05, 0) is 13.0 Å². The number of β-amino-alcohol motifs (C(OH)–C–C–N with tert-alkyl or cyclic N) is 1. The number of carbonyl (C=O) groups is 1. The highest BCUT2D eigenvalue weighted by atomic mass is 16.3. The van der Waals surface area contributed by atoms with E-state index in [0.29, 0.717) is 19.5 Å². The Kier molecular flexibility index (Phi) is 3.65. The molecule has 0 aromatic carbocycles. The van der Waals surface area contributed by atoms with Gasteiger partial charge in [0.05, 0.1) is 19.3 Å². The molecule has 12 heavy (non-hydrogen) atoms. The first-order valence-electron chi connectivity index (χ1n) is 4.25. The second-order valence-corrected chi connectivity index (χ2v) is 3.21. The average Bonchev–Trinajstić information content (AvgIpc) is 2.04. The van der Waals surface area contributed by atoms with Gasteiger partial charge in [-0.2, -0.15) is 0 Å². The van der Waals surface area contributed by atoms with Crippen LogP contribution in [0.5, 0.6) is 0 Å². The molecule has 0 saturated carbocycles. The van der Waals surface area contributed by atoms with Crippen molar-refractivity contribution < 1.29 is 15.0 Å². The fourth-order valence-corrected chi connectivity index (χ4v) is 1.42. The largest absolute Gasteiger partial charge is 0.394 e. The van der Waals surface area contributed by atoms with Crippen molar-refractivity contribution in [2.24, 2.45) is 0 Å². The van der Waals surface area contributed by atoms with Crippen LogP contribution in [0.1, 0.15) is 12.8 Å². The summed E-state index contributed by atoms with van der Waals surface area (Å²) in [5, 5.41) is 17.7. The van der Waals surface area contributed by atoms with Gasteiger partial charge in [0, 0.05) is 13.0 Å². The summed E-state index contributed by atoms with van der Waals surface area (Å²) in [5.74, 6) is 0.228. The Morgan fingerprint density at radius 1 is 1.58 bits per heavy atom. The number of nitrogens with zero attached hydrogens (tertiary/aromatic N) is 1. The minimum atomic E-state index is -0.712. The van der Waals surface area contributed by atoms with Crippen molar-refractivity contribution in [1.29, 1.82) is 0 Å². The molecule has 1 unspecified atom stereocenters. The van der Waals surface area contributed by atoms with E-state index in [1.54, 1.807) is 0 Å². The van der Waals surface area contributed by atoms with Crippen LogP contribution in [0.4, 0.5) is 0 Å². The van der Waals surface area contributed by atoms with Crippen LogP contribution in [0.2, 0.25) is 0 Å². The normalized spacial score (nSPS) is 22.7. The number of ketones is 1. The summed E-state index contributed by atoms with van der Waals surface area (Å²) in [4.78, 5) is 12.8. The van der Waals surface area contributed by atoms with Gasteiger partial charge >= 0.3 is 0 Å². The summed E-state index contributed by atoms with van der Waals surface area (Å²) >= 11 is 0. The molecule has 4 heteroatoms. The van der Waals surface area contributed by atoms with Crippen LogP contribution in [0.25, 0.3) is 0 Å². The lowest BCUT2D eigenvalue weighted by Crippen LogP contribution is -2.41. The average molecular weight is 173 g/mol. The number of rotatable bonds is 3. The molecular formula is C8H15NO3. The highest BCUT2D eigenvalue weighted by Gasteiger charge is 2.18. The fourth-order valence-electron chi connectivity index (χ4n) is 1.42. The lowest BCUT2D eigenvalue weighted by molar-refractivity contribution is -0.122. The molecule has 0 spiro atoms. The van der Waals surface area contributed by atoms with Crippen molar-refractivity contribution in [3.63, 3.8) is 0 Å². The van der Waals surface area contributed by atoms with E-state index < -0.39 is 6.10 Å². The SMILES string of the molecule is O=C1CCCN(CC(O)CO)C1. The summed E-state index contributed by atoms with van der Waals surface area (Å²) in [5.41, 5.74) is 0. The number of piperidine rings is 1. The minimum absolute atomic E-state index is 0.228. The van der Waals surface area contributed by atoms with Crippen LogP contribution in [0.3, 0.4) is 0 Å². The molecule has 0 bridgehead atoms. The summed E-state index contributed by atoms with van der Waals surface area (Å²) in [6.07, 6.45) is 0.818. The number of hydrogen-bond acceptors (Lipinski definition) is 4. The third kappa shape index (κ3) is 2.89. The Morgan fingerprint density at radius 3 is 2.92 bits per heavy atom. The highest BCUT2D eigenvalue weighted by Crippen LogP contribution is 2.05. The van der Waals surface area contributed by atoms with Gasteiger partial charge in [0.25, 0.3) is 0 Å². The summed E-state index contributed by atoms with van der Waals surface area (Å²) in [7, 11) is 0. The standard InChI is InChI=1S/C8H15NO3/c10-6-8(12)5-9-3-1-2-7(11)4-9/h8,10,12H,1-6H2. The molecule has 0 amide bonds. The fraction of sp³-hybridized carbons (Fsp3) is 0.875. The zero-order valence-corrected chi connectivity index (χ0v) is 7.07. The summed E-state index contributed by atoms with van der Waals surface area (Å²) in [6, 6.07) is 0. The van der Waals surface area contributed by atoms with Crippen LogP contribution in [0, 0.1) is 0 Å². The molecule has 1 heterocycles. The molecule has 1 aliphatic heterocycles. The Hall–Kier alpha value is -0.450. The maximum Gasteiger partial charge on any atom is 0.146 e. The van der Waals surface area contributed by atoms with Gasteiger partial charge in [-0.15, -0.1) is 0 Å². The number of carbonyl (C=O) groups excluding carboxylic acids is 1. The third-order valence-electron chi connectivity index (χ3n) is 2.01. The molecule has 0 aromatic rings. The Morgan fingerprint density at radius 2 is 2.33 bits per heavy atom. The molecule has 0 radical (unpaired) electrons. The van der Waals surface area contributed by atoms with Crippen LogP contribution < -0.4 is 0 Å². The number of Topliss-reactive ketones (excluding diaryl/α,β-unsaturated/α-hetero) is 1. The summed E-state index contributed by atoms with van der Waals surface area (Å²) in [6.45, 7) is 1.45. The molecule has 0 aliphatic carbocycles. The van der Waals surface area contributed by atoms with E-state index in [1.807, 2.05) is 4.90 Å². The van der Waals surface area contributed by atoms with Crippen molar-refractivity contribution in [2.75, 3.05) is 26.2 Å². The Balaban J connectivity index is 2.27. The quantitative estimate of drug-likeness (QED) is 0.575. The van der Waals surface area contributed by atoms with Gasteiger partial charge in [-0.3, -0.25) is 9.69 Å². The van der Waals surface area contributed by atoms with Gasteiger partial charge in [-0.1, -0.05) is 0 Å². The van der Waals surface area contributed by atoms with Gasteiger partial charge in [0.2, 0.25) is 0 Å². The predicted octanol–water partition coefficient (Wildman–Crippen LogP) is -0.996. The van der Waals surface area contributed by atoms with E-state index in [2.05, 4.69) is 0 Å². The van der Waals surface area contributed by atoms with Crippen molar-refractivity contribution >= 4 is 5.78 Å². The second-order valence-electron chi connectivity index (χ2n) is 3.21. The third-order valence-corrected chi connectivity index (χ3v) is 2.01. The van der Waals surface area contributed by atoms with E-state index in [0.717, 1.165) is 13.0 Å². The maximum atomic E-state index is 11.0. The molecule has 1 atom stereocenters. The molecule has 4 nitrogen and oxygen atoms in total. The zero-order chi connectivity index (χ0) is 8.97. The van der Waals surface area contributed by atoms with Crippen LogP contribution in [0.15, 0.2) is 0 Å². The molecule has 1 rings (SSSR count). The molecule has 2 N–H and O–H groups in total. The van der Waals surface area contributed by atoms with Gasteiger partial charge in [0.15, 0.2) is 0 Å². The lowest BCUT2D eigenvalue weighted by atomic mass is 10.1. The van der Waals surface area contributed by atoms with Gasteiger partial charge in [-0.25, -0.2) is 0 Å². The van der Waals surface area contributed by atoms with Crippen LogP contribution >= 0.6 is 0 Å². The molecule has 1 saturated heterocycles. The van der Waals surface area contributed by atoms with E-state index in [4.69, 9.17) is 10.2 Å². The number of aliphatic hydroxyl groups is 2. The first-order valence-corrected chi connectivity index (χ1v) is 4.25. The van der Waals surface area contributed by atoms with Crippen molar-refractivity contribution in [1.82, 2.24) is 4.90 Å². The lowest BCUT2D eigenvalue weighted by Gasteiger charge is -2.26. The minimum Gasteiger partial charge on any atom is -0.394 e. The number of aliphatic hydroxyl groups excluding tert-OH is 2. The molecular weight excluding hydrogens is 158 g/mol.